The zero-order valence-electron chi connectivity index (χ0n) is 12.9. The number of rotatable bonds is 5. The summed E-state index contributed by atoms with van der Waals surface area (Å²) >= 11 is 3.50. The van der Waals surface area contributed by atoms with E-state index in [-0.39, 0.29) is 11.9 Å². The molecule has 0 saturated carbocycles. The van der Waals surface area contributed by atoms with Crippen molar-refractivity contribution in [3.8, 4) is 11.3 Å². The van der Waals surface area contributed by atoms with Gasteiger partial charge in [0.05, 0.1) is 6.20 Å². The Morgan fingerprint density at radius 2 is 2.26 bits per heavy atom. The number of halogens is 1. The summed E-state index contributed by atoms with van der Waals surface area (Å²) in [4.78, 5) is 18.5. The molecular formula is C17H20BrN3O2. The highest BCUT2D eigenvalue weighted by Gasteiger charge is 2.27. The van der Waals surface area contributed by atoms with Crippen molar-refractivity contribution in [3.05, 3.63) is 40.8 Å². The van der Waals surface area contributed by atoms with Gasteiger partial charge in [-0.25, -0.2) is 4.98 Å². The van der Waals surface area contributed by atoms with Crippen LogP contribution in [0.15, 0.2) is 39.4 Å². The van der Waals surface area contributed by atoms with Gasteiger partial charge >= 0.3 is 0 Å². The third-order valence-electron chi connectivity index (χ3n) is 4.22. The summed E-state index contributed by atoms with van der Waals surface area (Å²) in [6.07, 6.45) is 4.67. The fourth-order valence-electron chi connectivity index (χ4n) is 2.98. The molecule has 1 amide bonds. The number of likely N-dealkylation sites (tertiary alicyclic amines) is 1. The van der Waals surface area contributed by atoms with Crippen LogP contribution < -0.4 is 5.73 Å². The second-order valence-corrected chi connectivity index (χ2v) is 6.57. The summed E-state index contributed by atoms with van der Waals surface area (Å²) in [7, 11) is 0. The van der Waals surface area contributed by atoms with Gasteiger partial charge < -0.3 is 15.1 Å². The molecule has 1 fully saturated rings. The fourth-order valence-corrected chi connectivity index (χ4v) is 3.46. The number of hydrogen-bond acceptors (Lipinski definition) is 4. The van der Waals surface area contributed by atoms with E-state index < -0.39 is 0 Å². The van der Waals surface area contributed by atoms with Gasteiger partial charge in [0.15, 0.2) is 11.7 Å². The first-order chi connectivity index (χ1) is 11.2. The Balaban J connectivity index is 1.61. The highest BCUT2D eigenvalue weighted by molar-refractivity contribution is 9.10. The first-order valence-corrected chi connectivity index (χ1v) is 8.67. The van der Waals surface area contributed by atoms with Gasteiger partial charge in [-0.05, 0) is 18.9 Å². The predicted octanol–water partition coefficient (Wildman–Crippen LogP) is 2.99. The lowest BCUT2D eigenvalue weighted by Gasteiger charge is -2.23. The van der Waals surface area contributed by atoms with Crippen molar-refractivity contribution in [2.45, 2.75) is 31.7 Å². The maximum atomic E-state index is 12.3. The van der Waals surface area contributed by atoms with E-state index in [1.807, 2.05) is 29.2 Å². The molecule has 0 radical (unpaired) electrons. The van der Waals surface area contributed by atoms with Gasteiger partial charge in [0.2, 0.25) is 5.91 Å². The molecule has 0 bridgehead atoms. The van der Waals surface area contributed by atoms with E-state index in [4.69, 9.17) is 10.2 Å². The quantitative estimate of drug-likeness (QED) is 0.868. The number of hydrogen-bond donors (Lipinski definition) is 1. The molecule has 2 aromatic rings. The lowest BCUT2D eigenvalue weighted by atomic mass is 10.2. The molecule has 0 spiro atoms. The normalized spacial score (nSPS) is 17.7. The van der Waals surface area contributed by atoms with E-state index in [1.165, 1.54) is 0 Å². The Hall–Kier alpha value is -1.66. The van der Waals surface area contributed by atoms with E-state index in [2.05, 4.69) is 20.9 Å². The number of nitrogens with two attached hydrogens (primary N) is 1. The van der Waals surface area contributed by atoms with Crippen LogP contribution in [0.1, 0.15) is 25.2 Å². The molecule has 122 valence electrons. The van der Waals surface area contributed by atoms with Gasteiger partial charge in [0, 0.05) is 42.0 Å². The maximum absolute atomic E-state index is 12.3. The Kier molecular flexibility index (Phi) is 5.13. The van der Waals surface area contributed by atoms with E-state index >= 15 is 0 Å². The van der Waals surface area contributed by atoms with E-state index in [1.54, 1.807) is 6.20 Å². The van der Waals surface area contributed by atoms with E-state index in [9.17, 15) is 4.79 Å². The summed E-state index contributed by atoms with van der Waals surface area (Å²) in [5.41, 5.74) is 6.68. The molecule has 1 aliphatic rings. The van der Waals surface area contributed by atoms with Crippen molar-refractivity contribution in [3.63, 3.8) is 0 Å². The molecule has 5 nitrogen and oxygen atoms in total. The molecule has 0 unspecified atom stereocenters. The molecular weight excluding hydrogens is 358 g/mol. The second-order valence-electron chi connectivity index (χ2n) is 5.72. The third kappa shape index (κ3) is 3.64. The SMILES string of the molecule is NC[C@@H]1CCCN1C(=O)CCc1ncc(-c2ccccc2Br)o1. The summed E-state index contributed by atoms with van der Waals surface area (Å²) in [6.45, 7) is 1.35. The summed E-state index contributed by atoms with van der Waals surface area (Å²) in [5.74, 6) is 1.44. The minimum absolute atomic E-state index is 0.138. The van der Waals surface area contributed by atoms with Crippen LogP contribution in [0, 0.1) is 0 Å². The predicted molar refractivity (Wildman–Crippen MR) is 91.7 cm³/mol. The fraction of sp³-hybridized carbons (Fsp3) is 0.412. The minimum Gasteiger partial charge on any atom is -0.441 e. The van der Waals surface area contributed by atoms with Crippen molar-refractivity contribution in [2.24, 2.45) is 5.73 Å². The third-order valence-corrected chi connectivity index (χ3v) is 4.91. The molecule has 1 aromatic carbocycles. The highest BCUT2D eigenvalue weighted by Crippen LogP contribution is 2.28. The average Bonchev–Trinajstić information content (AvgIpc) is 3.22. The number of amides is 1. The van der Waals surface area contributed by atoms with Crippen LogP contribution >= 0.6 is 15.9 Å². The highest BCUT2D eigenvalue weighted by atomic mass is 79.9. The Morgan fingerprint density at radius 3 is 3.04 bits per heavy atom. The average molecular weight is 378 g/mol. The smallest absolute Gasteiger partial charge is 0.223 e. The lowest BCUT2D eigenvalue weighted by molar-refractivity contribution is -0.131. The van der Waals surface area contributed by atoms with Crippen molar-refractivity contribution in [1.29, 1.82) is 0 Å². The van der Waals surface area contributed by atoms with Crippen molar-refractivity contribution in [2.75, 3.05) is 13.1 Å². The number of benzene rings is 1. The van der Waals surface area contributed by atoms with Crippen molar-refractivity contribution in [1.82, 2.24) is 9.88 Å². The Bertz CT molecular complexity index is 686. The Morgan fingerprint density at radius 1 is 1.43 bits per heavy atom. The topological polar surface area (TPSA) is 72.4 Å². The summed E-state index contributed by atoms with van der Waals surface area (Å²) in [6, 6.07) is 8.03. The van der Waals surface area contributed by atoms with Crippen LogP contribution in [0.25, 0.3) is 11.3 Å². The molecule has 1 aliphatic heterocycles. The van der Waals surface area contributed by atoms with Gasteiger partial charge in [-0.15, -0.1) is 0 Å². The van der Waals surface area contributed by atoms with Crippen LogP contribution in [0.3, 0.4) is 0 Å². The molecule has 1 atom stereocenters. The lowest BCUT2D eigenvalue weighted by Crippen LogP contribution is -2.40. The Labute approximate surface area is 144 Å². The minimum atomic E-state index is 0.138. The van der Waals surface area contributed by atoms with Crippen LogP contribution in [0.2, 0.25) is 0 Å². The molecule has 23 heavy (non-hydrogen) atoms. The zero-order chi connectivity index (χ0) is 16.2. The number of carbonyl (C=O) groups is 1. The van der Waals surface area contributed by atoms with E-state index in [0.29, 0.717) is 31.0 Å². The molecule has 2 heterocycles. The van der Waals surface area contributed by atoms with Gasteiger partial charge in [-0.3, -0.25) is 4.79 Å². The van der Waals surface area contributed by atoms with Gasteiger partial charge in [-0.1, -0.05) is 34.1 Å². The van der Waals surface area contributed by atoms with Crippen LogP contribution in [-0.4, -0.2) is 34.9 Å². The summed E-state index contributed by atoms with van der Waals surface area (Å²) in [5, 5.41) is 0. The van der Waals surface area contributed by atoms with Gasteiger partial charge in [0.1, 0.15) is 0 Å². The van der Waals surface area contributed by atoms with Gasteiger partial charge in [-0.2, -0.15) is 0 Å². The van der Waals surface area contributed by atoms with Crippen molar-refractivity contribution >= 4 is 21.8 Å². The molecule has 1 saturated heterocycles. The molecule has 0 aliphatic carbocycles. The monoisotopic (exact) mass is 377 g/mol. The number of aromatic nitrogens is 1. The maximum Gasteiger partial charge on any atom is 0.223 e. The number of nitrogens with zero attached hydrogens (tertiary/aromatic N) is 2. The standard InChI is InChI=1S/C17H20BrN3O2/c18-14-6-2-1-5-13(14)15-11-20-16(23-15)7-8-17(22)21-9-3-4-12(21)10-19/h1-2,5-6,11-12H,3-4,7-10,19H2/t12-/m0/s1. The van der Waals surface area contributed by atoms with Crippen molar-refractivity contribution < 1.29 is 9.21 Å². The van der Waals surface area contributed by atoms with Crippen LogP contribution in [0.5, 0.6) is 0 Å². The first-order valence-electron chi connectivity index (χ1n) is 7.88. The molecule has 3 rings (SSSR count). The second kappa shape index (κ2) is 7.27. The largest absolute Gasteiger partial charge is 0.441 e. The number of aryl methyl sites for hydroxylation is 1. The van der Waals surface area contributed by atoms with Crippen LogP contribution in [-0.2, 0) is 11.2 Å². The summed E-state index contributed by atoms with van der Waals surface area (Å²) < 4.78 is 6.74. The number of carbonyl (C=O) groups excluding carboxylic acids is 1. The molecule has 6 heteroatoms. The molecule has 1 aromatic heterocycles. The molecule has 2 N–H and O–H groups in total. The zero-order valence-corrected chi connectivity index (χ0v) is 14.5. The first kappa shape index (κ1) is 16.2. The number of oxazole rings is 1. The van der Waals surface area contributed by atoms with Gasteiger partial charge in [0.25, 0.3) is 0 Å². The van der Waals surface area contributed by atoms with E-state index in [0.717, 1.165) is 29.4 Å². The van der Waals surface area contributed by atoms with Crippen LogP contribution in [0.4, 0.5) is 0 Å².